The maximum absolute atomic E-state index is 14.4. The van der Waals surface area contributed by atoms with Crippen LogP contribution in [0, 0.1) is 16.6 Å². The number of Topliss-reactive ketones (excluding diaryl/α,β-unsaturated/α-hetero) is 2. The summed E-state index contributed by atoms with van der Waals surface area (Å²) in [6.07, 6.45) is 2.29. The van der Waals surface area contributed by atoms with E-state index >= 15 is 0 Å². The molecule has 3 aliphatic rings. The van der Waals surface area contributed by atoms with Crippen molar-refractivity contribution in [3.05, 3.63) is 85.9 Å². The number of benzene rings is 2. The molecular formula is C31H31BrFNO5. The first-order valence-electron chi connectivity index (χ1n) is 13.0. The first-order chi connectivity index (χ1) is 18.2. The molecule has 5 rings (SSSR count). The van der Waals surface area contributed by atoms with Crippen LogP contribution in [-0.2, 0) is 16.2 Å². The SMILES string of the molecule is CC1(C)CC(=O)C2=C(C1)NC1=C(C(=O)CC(C)(C)C1)C2c1ccc(OCc2ccc(C(=O)O)cc2F)c(Br)c1. The zero-order chi connectivity index (χ0) is 28.3. The van der Waals surface area contributed by atoms with Gasteiger partial charge in [-0.1, -0.05) is 39.8 Å². The smallest absolute Gasteiger partial charge is 0.335 e. The Kier molecular flexibility index (Phi) is 6.82. The molecule has 0 atom stereocenters. The molecule has 0 fully saturated rings. The summed E-state index contributed by atoms with van der Waals surface area (Å²) >= 11 is 3.56. The number of carboxylic acids is 1. The summed E-state index contributed by atoms with van der Waals surface area (Å²) in [5, 5.41) is 12.6. The highest BCUT2D eigenvalue weighted by atomic mass is 79.9. The van der Waals surface area contributed by atoms with E-state index < -0.39 is 17.7 Å². The molecular weight excluding hydrogens is 565 g/mol. The molecule has 1 aliphatic heterocycles. The van der Waals surface area contributed by atoms with Crippen molar-refractivity contribution < 1.29 is 28.6 Å². The molecule has 39 heavy (non-hydrogen) atoms. The molecule has 0 aromatic heterocycles. The second kappa shape index (κ2) is 9.73. The van der Waals surface area contributed by atoms with Crippen LogP contribution in [0.2, 0.25) is 0 Å². The van der Waals surface area contributed by atoms with E-state index in [2.05, 4.69) is 48.9 Å². The van der Waals surface area contributed by atoms with Crippen LogP contribution >= 0.6 is 15.9 Å². The third-order valence-electron chi connectivity index (χ3n) is 7.69. The molecule has 0 radical (unpaired) electrons. The van der Waals surface area contributed by atoms with E-state index in [1.54, 1.807) is 6.07 Å². The van der Waals surface area contributed by atoms with E-state index in [-0.39, 0.29) is 40.1 Å². The van der Waals surface area contributed by atoms with Gasteiger partial charge < -0.3 is 15.2 Å². The van der Waals surface area contributed by atoms with Gasteiger partial charge in [0.1, 0.15) is 18.2 Å². The van der Waals surface area contributed by atoms with Crippen molar-refractivity contribution in [1.29, 1.82) is 0 Å². The number of ketones is 2. The number of rotatable bonds is 5. The standard InChI is InChI=1S/C31H31BrFNO5/c1-30(2)11-21-27(23(35)13-30)26(28-22(34-21)12-31(3,4)14-24(28)36)16-7-8-25(19(32)9-16)39-15-18-6-5-17(29(37)38)10-20(18)33/h5-10,26,34H,11-15H2,1-4H3,(H,37,38). The summed E-state index contributed by atoms with van der Waals surface area (Å²) in [5.41, 5.74) is 3.71. The third-order valence-corrected chi connectivity index (χ3v) is 8.31. The maximum Gasteiger partial charge on any atom is 0.335 e. The van der Waals surface area contributed by atoms with Crippen LogP contribution in [0.3, 0.4) is 0 Å². The average Bonchev–Trinajstić information content (AvgIpc) is 2.80. The van der Waals surface area contributed by atoms with Crippen molar-refractivity contribution in [2.24, 2.45) is 10.8 Å². The van der Waals surface area contributed by atoms with Crippen LogP contribution in [0.25, 0.3) is 0 Å². The van der Waals surface area contributed by atoms with Crippen molar-refractivity contribution in [3.63, 3.8) is 0 Å². The van der Waals surface area contributed by atoms with Gasteiger partial charge in [0.15, 0.2) is 11.6 Å². The van der Waals surface area contributed by atoms with Crippen molar-refractivity contribution >= 4 is 33.5 Å². The van der Waals surface area contributed by atoms with Gasteiger partial charge >= 0.3 is 5.97 Å². The zero-order valence-electron chi connectivity index (χ0n) is 22.4. The normalized spacial score (nSPS) is 20.4. The Bertz CT molecular complexity index is 1430. The van der Waals surface area contributed by atoms with Crippen LogP contribution in [0.15, 0.2) is 63.4 Å². The average molecular weight is 596 g/mol. The molecule has 8 heteroatoms. The van der Waals surface area contributed by atoms with Crippen LogP contribution in [0.1, 0.15) is 80.8 Å². The summed E-state index contributed by atoms with van der Waals surface area (Å²) in [5.74, 6) is -1.75. The van der Waals surface area contributed by atoms with Crippen molar-refractivity contribution in [2.45, 2.75) is 65.9 Å². The van der Waals surface area contributed by atoms with Crippen molar-refractivity contribution in [1.82, 2.24) is 5.32 Å². The van der Waals surface area contributed by atoms with Gasteiger partial charge in [0.25, 0.3) is 0 Å². The maximum atomic E-state index is 14.4. The van der Waals surface area contributed by atoms with Crippen molar-refractivity contribution in [2.75, 3.05) is 0 Å². The number of dihydropyridines is 1. The summed E-state index contributed by atoms with van der Waals surface area (Å²) in [6, 6.07) is 9.17. The van der Waals surface area contributed by atoms with Gasteiger partial charge in [-0.3, -0.25) is 9.59 Å². The van der Waals surface area contributed by atoms with E-state index in [4.69, 9.17) is 9.84 Å². The van der Waals surface area contributed by atoms with E-state index in [0.717, 1.165) is 35.9 Å². The number of carbonyl (C=O) groups excluding carboxylic acids is 2. The van der Waals surface area contributed by atoms with Gasteiger partial charge in [-0.25, -0.2) is 9.18 Å². The van der Waals surface area contributed by atoms with Gasteiger partial charge in [0, 0.05) is 46.9 Å². The summed E-state index contributed by atoms with van der Waals surface area (Å²) in [4.78, 5) is 38.1. The number of hydrogen-bond acceptors (Lipinski definition) is 5. The number of nitrogens with one attached hydrogen (secondary N) is 1. The fraction of sp³-hybridized carbons (Fsp3) is 0.387. The van der Waals surface area contributed by atoms with E-state index in [0.29, 0.717) is 34.2 Å². The molecule has 2 aliphatic carbocycles. The van der Waals surface area contributed by atoms with Crippen LogP contribution in [0.4, 0.5) is 4.39 Å². The second-order valence-electron chi connectivity index (χ2n) is 12.3. The molecule has 2 aromatic carbocycles. The Morgan fingerprint density at radius 1 is 0.974 bits per heavy atom. The molecule has 204 valence electrons. The van der Waals surface area contributed by atoms with Crippen LogP contribution in [0.5, 0.6) is 5.75 Å². The van der Waals surface area contributed by atoms with Gasteiger partial charge in [-0.15, -0.1) is 0 Å². The molecule has 2 N–H and O–H groups in total. The third kappa shape index (κ3) is 5.31. The number of hydrogen-bond donors (Lipinski definition) is 2. The van der Waals surface area contributed by atoms with Gasteiger partial charge in [0.05, 0.1) is 10.0 Å². The van der Waals surface area contributed by atoms with E-state index in [1.165, 1.54) is 12.1 Å². The largest absolute Gasteiger partial charge is 0.488 e. The lowest BCUT2D eigenvalue weighted by Crippen LogP contribution is -2.42. The van der Waals surface area contributed by atoms with E-state index in [9.17, 15) is 18.8 Å². The second-order valence-corrected chi connectivity index (χ2v) is 13.2. The summed E-state index contributed by atoms with van der Waals surface area (Å²) in [7, 11) is 0. The molecule has 0 saturated carbocycles. The Labute approximate surface area is 235 Å². The van der Waals surface area contributed by atoms with Crippen molar-refractivity contribution in [3.8, 4) is 5.75 Å². The number of carboxylic acid groups (broad SMARTS) is 1. The lowest BCUT2D eigenvalue weighted by molar-refractivity contribution is -0.119. The highest BCUT2D eigenvalue weighted by Crippen LogP contribution is 2.51. The Balaban J connectivity index is 1.49. The monoisotopic (exact) mass is 595 g/mol. The lowest BCUT2D eigenvalue weighted by Gasteiger charge is -2.44. The molecule has 0 spiro atoms. The van der Waals surface area contributed by atoms with Gasteiger partial charge in [0.2, 0.25) is 0 Å². The fourth-order valence-corrected chi connectivity index (χ4v) is 6.50. The predicted octanol–water partition coefficient (Wildman–Crippen LogP) is 6.84. The Hall–Kier alpha value is -3.26. The highest BCUT2D eigenvalue weighted by molar-refractivity contribution is 9.10. The number of carbonyl (C=O) groups is 3. The minimum absolute atomic E-state index is 0.0552. The fourth-order valence-electron chi connectivity index (χ4n) is 5.99. The number of aromatic carboxylic acids is 1. The van der Waals surface area contributed by atoms with E-state index in [1.807, 2.05) is 12.1 Å². The number of halogens is 2. The summed E-state index contributed by atoms with van der Waals surface area (Å²) in [6.45, 7) is 8.26. The lowest BCUT2D eigenvalue weighted by atomic mass is 9.64. The topological polar surface area (TPSA) is 92.7 Å². The van der Waals surface area contributed by atoms with Gasteiger partial charge in [-0.2, -0.15) is 0 Å². The molecule has 0 saturated heterocycles. The Morgan fingerprint density at radius 3 is 2.08 bits per heavy atom. The number of ether oxygens (including phenoxy) is 1. The molecule has 0 unspecified atom stereocenters. The summed E-state index contributed by atoms with van der Waals surface area (Å²) < 4.78 is 20.8. The molecule has 0 bridgehead atoms. The first-order valence-corrected chi connectivity index (χ1v) is 13.8. The number of allylic oxidation sites excluding steroid dienone is 4. The van der Waals surface area contributed by atoms with Gasteiger partial charge in [-0.05, 0) is 69.4 Å². The minimum atomic E-state index is -1.20. The Morgan fingerprint density at radius 2 is 1.56 bits per heavy atom. The molecule has 2 aromatic rings. The minimum Gasteiger partial charge on any atom is -0.488 e. The quantitative estimate of drug-likeness (QED) is 0.393. The molecule has 0 amide bonds. The zero-order valence-corrected chi connectivity index (χ0v) is 24.0. The van der Waals surface area contributed by atoms with Crippen LogP contribution in [-0.4, -0.2) is 22.6 Å². The molecule has 1 heterocycles. The first kappa shape index (κ1) is 27.3. The van der Waals surface area contributed by atoms with Crippen LogP contribution < -0.4 is 10.1 Å². The highest BCUT2D eigenvalue weighted by Gasteiger charge is 2.46. The predicted molar refractivity (Wildman–Crippen MR) is 148 cm³/mol. The molecule has 6 nitrogen and oxygen atoms in total.